The number of ketones is 1. The molecule has 0 unspecified atom stereocenters. The molecule has 0 fully saturated rings. The fraction of sp³-hybridized carbons (Fsp3) is 0.0588. The first-order chi connectivity index (χ1) is 10.6. The van der Waals surface area contributed by atoms with E-state index in [1.807, 2.05) is 12.1 Å². The van der Waals surface area contributed by atoms with Gasteiger partial charge in [0.25, 0.3) is 5.91 Å². The van der Waals surface area contributed by atoms with Crippen LogP contribution in [-0.2, 0) is 4.79 Å². The summed E-state index contributed by atoms with van der Waals surface area (Å²) in [6.45, 7) is 0. The number of methoxy groups -OCH3 is 1. The molecule has 0 atom stereocenters. The van der Waals surface area contributed by atoms with E-state index in [-0.39, 0.29) is 11.7 Å². The molecule has 22 heavy (non-hydrogen) atoms. The number of allylic oxidation sites excluding steroid dienone is 1. The molecule has 1 aliphatic heterocycles. The molecule has 0 aromatic heterocycles. The summed E-state index contributed by atoms with van der Waals surface area (Å²) >= 11 is 3.38. The molecule has 0 radical (unpaired) electrons. The van der Waals surface area contributed by atoms with Crippen LogP contribution in [0.5, 0.6) is 5.75 Å². The van der Waals surface area contributed by atoms with Crippen molar-refractivity contribution in [1.29, 1.82) is 0 Å². The molecule has 2 aromatic carbocycles. The summed E-state index contributed by atoms with van der Waals surface area (Å²) in [5, 5.41) is 2.75. The predicted molar refractivity (Wildman–Crippen MR) is 88.1 cm³/mol. The highest BCUT2D eigenvalue weighted by molar-refractivity contribution is 9.10. The van der Waals surface area contributed by atoms with E-state index < -0.39 is 0 Å². The Hall–Kier alpha value is -2.40. The lowest BCUT2D eigenvalue weighted by molar-refractivity contribution is -0.110. The van der Waals surface area contributed by atoms with Crippen molar-refractivity contribution in [1.82, 2.24) is 0 Å². The SMILES string of the molecule is COc1ccccc1C(=O)/C=C1\C(=O)Nc2ccc(Br)cc21. The standard InChI is InChI=1S/C17H12BrNO3/c1-22-16-5-3-2-4-11(16)15(20)9-13-12-8-10(18)6-7-14(12)19-17(13)21/h2-9H,1H3,(H,19,21)/b13-9-. The third-order valence-corrected chi connectivity index (χ3v) is 3.91. The Kier molecular flexibility index (Phi) is 3.81. The summed E-state index contributed by atoms with van der Waals surface area (Å²) in [6, 6.07) is 12.4. The zero-order valence-electron chi connectivity index (χ0n) is 11.7. The third kappa shape index (κ3) is 2.55. The number of para-hydroxylation sites is 1. The lowest BCUT2D eigenvalue weighted by Crippen LogP contribution is -2.06. The van der Waals surface area contributed by atoms with Crippen LogP contribution >= 0.6 is 15.9 Å². The van der Waals surface area contributed by atoms with Crippen molar-refractivity contribution in [2.45, 2.75) is 0 Å². The normalized spacial score (nSPS) is 14.6. The van der Waals surface area contributed by atoms with Gasteiger partial charge in [-0.1, -0.05) is 28.1 Å². The van der Waals surface area contributed by atoms with Gasteiger partial charge in [0, 0.05) is 15.7 Å². The molecular formula is C17H12BrNO3. The molecule has 110 valence electrons. The number of ether oxygens (including phenoxy) is 1. The van der Waals surface area contributed by atoms with Crippen molar-refractivity contribution in [2.24, 2.45) is 0 Å². The number of anilines is 1. The molecule has 5 heteroatoms. The van der Waals surface area contributed by atoms with Gasteiger partial charge in [0.05, 0.1) is 18.2 Å². The van der Waals surface area contributed by atoms with Gasteiger partial charge in [-0.05, 0) is 36.4 Å². The van der Waals surface area contributed by atoms with Gasteiger partial charge in [-0.3, -0.25) is 9.59 Å². The summed E-state index contributed by atoms with van der Waals surface area (Å²) < 4.78 is 6.03. The highest BCUT2D eigenvalue weighted by atomic mass is 79.9. The molecule has 0 saturated carbocycles. The van der Waals surface area contributed by atoms with Crippen molar-refractivity contribution >= 4 is 38.9 Å². The highest BCUT2D eigenvalue weighted by Gasteiger charge is 2.25. The van der Waals surface area contributed by atoms with Crippen LogP contribution in [0, 0.1) is 0 Å². The fourth-order valence-electron chi connectivity index (χ4n) is 2.36. The maximum Gasteiger partial charge on any atom is 0.256 e. The Morgan fingerprint density at radius 2 is 2.00 bits per heavy atom. The minimum absolute atomic E-state index is 0.268. The Labute approximate surface area is 135 Å². The van der Waals surface area contributed by atoms with Crippen molar-refractivity contribution in [3.63, 3.8) is 0 Å². The molecule has 0 saturated heterocycles. The van der Waals surface area contributed by atoms with Gasteiger partial charge in [-0.15, -0.1) is 0 Å². The number of amides is 1. The van der Waals surface area contributed by atoms with E-state index in [0.29, 0.717) is 28.1 Å². The van der Waals surface area contributed by atoms with Gasteiger partial charge in [0.1, 0.15) is 5.75 Å². The zero-order chi connectivity index (χ0) is 15.7. The molecule has 1 N–H and O–H groups in total. The second-order valence-electron chi connectivity index (χ2n) is 4.77. The van der Waals surface area contributed by atoms with Crippen molar-refractivity contribution in [3.8, 4) is 5.75 Å². The van der Waals surface area contributed by atoms with Gasteiger partial charge in [-0.2, -0.15) is 0 Å². The number of rotatable bonds is 3. The number of hydrogen-bond donors (Lipinski definition) is 1. The number of fused-ring (bicyclic) bond motifs is 1. The van der Waals surface area contributed by atoms with Crippen LogP contribution in [0.3, 0.4) is 0 Å². The average Bonchev–Trinajstić information content (AvgIpc) is 2.83. The van der Waals surface area contributed by atoms with E-state index in [9.17, 15) is 9.59 Å². The van der Waals surface area contributed by atoms with Gasteiger partial charge in [0.2, 0.25) is 0 Å². The van der Waals surface area contributed by atoms with E-state index in [1.165, 1.54) is 13.2 Å². The first-order valence-corrected chi connectivity index (χ1v) is 7.40. The number of halogens is 1. The lowest BCUT2D eigenvalue weighted by atomic mass is 10.0. The minimum Gasteiger partial charge on any atom is -0.496 e. The van der Waals surface area contributed by atoms with Gasteiger partial charge in [0.15, 0.2) is 5.78 Å². The number of carbonyl (C=O) groups is 2. The molecule has 3 rings (SSSR count). The molecule has 1 aliphatic rings. The van der Waals surface area contributed by atoms with Crippen LogP contribution in [0.15, 0.2) is 53.0 Å². The molecule has 1 heterocycles. The predicted octanol–water partition coefficient (Wildman–Crippen LogP) is 3.68. The number of carbonyl (C=O) groups excluding carboxylic acids is 2. The second-order valence-corrected chi connectivity index (χ2v) is 5.68. The fourth-order valence-corrected chi connectivity index (χ4v) is 2.72. The Balaban J connectivity index is 2.04. The summed E-state index contributed by atoms with van der Waals surface area (Å²) in [5.41, 5.74) is 2.19. The van der Waals surface area contributed by atoms with E-state index in [1.54, 1.807) is 30.3 Å². The Morgan fingerprint density at radius 3 is 2.77 bits per heavy atom. The first-order valence-electron chi connectivity index (χ1n) is 6.60. The highest BCUT2D eigenvalue weighted by Crippen LogP contribution is 2.34. The van der Waals surface area contributed by atoms with E-state index >= 15 is 0 Å². The lowest BCUT2D eigenvalue weighted by Gasteiger charge is -2.05. The Morgan fingerprint density at radius 1 is 1.23 bits per heavy atom. The molecule has 4 nitrogen and oxygen atoms in total. The molecule has 1 amide bonds. The Bertz CT molecular complexity index is 811. The summed E-state index contributed by atoms with van der Waals surface area (Å²) in [4.78, 5) is 24.6. The quantitative estimate of drug-likeness (QED) is 0.673. The molecule has 2 aromatic rings. The molecular weight excluding hydrogens is 346 g/mol. The van der Waals surface area contributed by atoms with E-state index in [2.05, 4.69) is 21.2 Å². The van der Waals surface area contributed by atoms with Gasteiger partial charge >= 0.3 is 0 Å². The summed E-state index contributed by atoms with van der Waals surface area (Å²) in [7, 11) is 1.51. The van der Waals surface area contributed by atoms with Crippen LogP contribution in [0.25, 0.3) is 5.57 Å². The summed E-state index contributed by atoms with van der Waals surface area (Å²) in [6.07, 6.45) is 1.35. The monoisotopic (exact) mass is 357 g/mol. The van der Waals surface area contributed by atoms with Crippen molar-refractivity contribution < 1.29 is 14.3 Å². The first kappa shape index (κ1) is 14.5. The average molecular weight is 358 g/mol. The van der Waals surface area contributed by atoms with Crippen LogP contribution < -0.4 is 10.1 Å². The van der Waals surface area contributed by atoms with Gasteiger partial charge < -0.3 is 10.1 Å². The topological polar surface area (TPSA) is 55.4 Å². The maximum absolute atomic E-state index is 12.5. The van der Waals surface area contributed by atoms with Crippen LogP contribution in [0.4, 0.5) is 5.69 Å². The number of benzene rings is 2. The van der Waals surface area contributed by atoms with Crippen LogP contribution in [0.2, 0.25) is 0 Å². The van der Waals surface area contributed by atoms with E-state index in [4.69, 9.17) is 4.74 Å². The largest absolute Gasteiger partial charge is 0.496 e. The maximum atomic E-state index is 12.5. The van der Waals surface area contributed by atoms with Crippen molar-refractivity contribution in [3.05, 3.63) is 64.1 Å². The van der Waals surface area contributed by atoms with Gasteiger partial charge in [-0.25, -0.2) is 0 Å². The minimum atomic E-state index is -0.281. The number of hydrogen-bond acceptors (Lipinski definition) is 3. The van der Waals surface area contributed by atoms with Crippen LogP contribution in [-0.4, -0.2) is 18.8 Å². The summed E-state index contributed by atoms with van der Waals surface area (Å²) in [5.74, 6) is -0.0657. The van der Waals surface area contributed by atoms with E-state index in [0.717, 1.165) is 4.47 Å². The molecule has 0 aliphatic carbocycles. The molecule has 0 bridgehead atoms. The second kappa shape index (κ2) is 5.77. The van der Waals surface area contributed by atoms with Crippen LogP contribution in [0.1, 0.15) is 15.9 Å². The smallest absolute Gasteiger partial charge is 0.256 e. The third-order valence-electron chi connectivity index (χ3n) is 3.41. The number of nitrogens with one attached hydrogen (secondary N) is 1. The zero-order valence-corrected chi connectivity index (χ0v) is 13.3. The molecule has 0 spiro atoms. The van der Waals surface area contributed by atoms with Crippen molar-refractivity contribution in [2.75, 3.05) is 12.4 Å².